The van der Waals surface area contributed by atoms with E-state index in [4.69, 9.17) is 17.3 Å². The summed E-state index contributed by atoms with van der Waals surface area (Å²) in [7, 11) is 0. The van der Waals surface area contributed by atoms with Gasteiger partial charge in [-0.2, -0.15) is 0 Å². The molecule has 3 nitrogen and oxygen atoms in total. The number of halogens is 1. The van der Waals surface area contributed by atoms with Crippen molar-refractivity contribution in [1.29, 1.82) is 0 Å². The predicted molar refractivity (Wildman–Crippen MR) is 74.6 cm³/mol. The van der Waals surface area contributed by atoms with Gasteiger partial charge in [0.25, 0.3) is 0 Å². The molecular formula is C12H15ClN2OS. The third kappa shape index (κ3) is 3.30. The molecule has 1 aromatic rings. The number of benzene rings is 1. The molecule has 92 valence electrons. The van der Waals surface area contributed by atoms with Gasteiger partial charge >= 0.3 is 0 Å². The van der Waals surface area contributed by atoms with Crippen LogP contribution in [0.5, 0.6) is 0 Å². The summed E-state index contributed by atoms with van der Waals surface area (Å²) in [6.07, 6.45) is 3.28. The number of nitrogens with one attached hydrogen (secondary N) is 1. The fourth-order valence-electron chi connectivity index (χ4n) is 1.81. The highest BCUT2D eigenvalue weighted by molar-refractivity contribution is 8.00. The lowest BCUT2D eigenvalue weighted by Gasteiger charge is -2.20. The molecule has 2 rings (SSSR count). The third-order valence-electron chi connectivity index (χ3n) is 2.74. The maximum atomic E-state index is 12.0. The van der Waals surface area contributed by atoms with Crippen LogP contribution < -0.4 is 11.1 Å². The fourth-order valence-corrected chi connectivity index (χ4v) is 3.19. The van der Waals surface area contributed by atoms with E-state index in [1.807, 2.05) is 0 Å². The van der Waals surface area contributed by atoms with E-state index in [1.54, 1.807) is 30.0 Å². The van der Waals surface area contributed by atoms with E-state index in [0.29, 0.717) is 16.4 Å². The van der Waals surface area contributed by atoms with Gasteiger partial charge in [-0.05, 0) is 36.8 Å². The van der Waals surface area contributed by atoms with Gasteiger partial charge in [0.05, 0.1) is 16.6 Å². The highest BCUT2D eigenvalue weighted by Gasteiger charge is 2.22. The number of carbonyl (C=O) groups excluding carboxylic acids is 1. The summed E-state index contributed by atoms with van der Waals surface area (Å²) in [5, 5.41) is 3.49. The van der Waals surface area contributed by atoms with Gasteiger partial charge in [-0.15, -0.1) is 11.8 Å². The number of hydrogen-bond donors (Lipinski definition) is 2. The summed E-state index contributed by atoms with van der Waals surface area (Å²) in [6.45, 7) is 0. The van der Waals surface area contributed by atoms with E-state index in [2.05, 4.69) is 5.32 Å². The van der Waals surface area contributed by atoms with Crippen LogP contribution in [0.2, 0.25) is 5.02 Å². The smallest absolute Gasteiger partial charge is 0.237 e. The van der Waals surface area contributed by atoms with Crippen LogP contribution in [0.4, 0.5) is 11.4 Å². The van der Waals surface area contributed by atoms with Crippen LogP contribution in [0.25, 0.3) is 0 Å². The van der Waals surface area contributed by atoms with Crippen molar-refractivity contribution in [3.05, 3.63) is 23.2 Å². The van der Waals surface area contributed by atoms with Gasteiger partial charge in [0.15, 0.2) is 0 Å². The number of thioether (sulfide) groups is 1. The van der Waals surface area contributed by atoms with Crippen molar-refractivity contribution >= 4 is 40.6 Å². The Labute approximate surface area is 110 Å². The van der Waals surface area contributed by atoms with Crippen molar-refractivity contribution in [3.8, 4) is 0 Å². The van der Waals surface area contributed by atoms with Crippen LogP contribution in [-0.2, 0) is 4.79 Å². The Morgan fingerprint density at radius 2 is 2.29 bits per heavy atom. The van der Waals surface area contributed by atoms with Crippen molar-refractivity contribution in [3.63, 3.8) is 0 Å². The molecule has 0 aromatic heterocycles. The van der Waals surface area contributed by atoms with Crippen molar-refractivity contribution in [2.24, 2.45) is 0 Å². The zero-order valence-corrected chi connectivity index (χ0v) is 11.0. The minimum Gasteiger partial charge on any atom is -0.397 e. The normalized spacial score (nSPS) is 19.9. The number of carbonyl (C=O) groups is 1. The molecule has 1 fully saturated rings. The average Bonchev–Trinajstić information content (AvgIpc) is 2.34. The van der Waals surface area contributed by atoms with E-state index < -0.39 is 0 Å². The first-order valence-corrected chi connectivity index (χ1v) is 7.07. The molecule has 17 heavy (non-hydrogen) atoms. The van der Waals surface area contributed by atoms with Crippen molar-refractivity contribution in [2.75, 3.05) is 16.8 Å². The molecule has 1 amide bonds. The summed E-state index contributed by atoms with van der Waals surface area (Å²) >= 11 is 7.53. The number of hydrogen-bond acceptors (Lipinski definition) is 3. The molecule has 1 aliphatic rings. The Kier molecular flexibility index (Phi) is 4.18. The van der Waals surface area contributed by atoms with Gasteiger partial charge in [-0.25, -0.2) is 0 Å². The SMILES string of the molecule is Nc1cc(Cl)ccc1NC(=O)C1CCCCS1. The Bertz CT molecular complexity index is 419. The van der Waals surface area contributed by atoms with E-state index in [0.717, 1.165) is 18.6 Å². The highest BCUT2D eigenvalue weighted by Crippen LogP contribution is 2.28. The van der Waals surface area contributed by atoms with Gasteiger partial charge in [0.1, 0.15) is 0 Å². The molecule has 3 N–H and O–H groups in total. The van der Waals surface area contributed by atoms with Crippen molar-refractivity contribution < 1.29 is 4.79 Å². The van der Waals surface area contributed by atoms with Crippen LogP contribution in [0.1, 0.15) is 19.3 Å². The lowest BCUT2D eigenvalue weighted by Crippen LogP contribution is -2.27. The second-order valence-corrected chi connectivity index (χ2v) is 5.82. The van der Waals surface area contributed by atoms with E-state index in [1.165, 1.54) is 6.42 Å². The molecule has 0 saturated carbocycles. The molecule has 1 aliphatic heterocycles. The first-order chi connectivity index (χ1) is 8.16. The van der Waals surface area contributed by atoms with Crippen LogP contribution in [0.3, 0.4) is 0 Å². The van der Waals surface area contributed by atoms with Crippen LogP contribution in [0.15, 0.2) is 18.2 Å². The lowest BCUT2D eigenvalue weighted by atomic mass is 10.1. The van der Waals surface area contributed by atoms with Crippen molar-refractivity contribution in [1.82, 2.24) is 0 Å². The molecule has 1 heterocycles. The largest absolute Gasteiger partial charge is 0.397 e. The number of nitrogen functional groups attached to an aromatic ring is 1. The fraction of sp³-hybridized carbons (Fsp3) is 0.417. The molecule has 1 atom stereocenters. The monoisotopic (exact) mass is 270 g/mol. The van der Waals surface area contributed by atoms with E-state index in [-0.39, 0.29) is 11.2 Å². The molecule has 0 spiro atoms. The Hall–Kier alpha value is -0.870. The molecule has 0 bridgehead atoms. The van der Waals surface area contributed by atoms with Crippen LogP contribution >= 0.6 is 23.4 Å². The van der Waals surface area contributed by atoms with Crippen LogP contribution in [0, 0.1) is 0 Å². The summed E-state index contributed by atoms with van der Waals surface area (Å²) in [5.41, 5.74) is 6.94. The number of nitrogens with two attached hydrogens (primary N) is 1. The second kappa shape index (κ2) is 5.65. The minimum atomic E-state index is 0.0451. The molecular weight excluding hydrogens is 256 g/mol. The summed E-state index contributed by atoms with van der Waals surface area (Å²) in [5.74, 6) is 1.11. The van der Waals surface area contributed by atoms with Crippen molar-refractivity contribution in [2.45, 2.75) is 24.5 Å². The second-order valence-electron chi connectivity index (χ2n) is 4.08. The standard InChI is InChI=1S/C12H15ClN2OS/c13-8-4-5-10(9(14)7-8)15-12(16)11-3-1-2-6-17-11/h4-5,7,11H,1-3,6,14H2,(H,15,16). The molecule has 1 unspecified atom stereocenters. The zero-order valence-electron chi connectivity index (χ0n) is 9.41. The lowest BCUT2D eigenvalue weighted by molar-refractivity contribution is -0.115. The molecule has 0 aliphatic carbocycles. The maximum absolute atomic E-state index is 12.0. The minimum absolute atomic E-state index is 0.0451. The van der Waals surface area contributed by atoms with Gasteiger partial charge < -0.3 is 11.1 Å². The molecule has 5 heteroatoms. The maximum Gasteiger partial charge on any atom is 0.237 e. The topological polar surface area (TPSA) is 55.1 Å². The summed E-state index contributed by atoms with van der Waals surface area (Å²) in [4.78, 5) is 12.0. The molecule has 0 radical (unpaired) electrons. The number of anilines is 2. The zero-order chi connectivity index (χ0) is 12.3. The summed E-state index contributed by atoms with van der Waals surface area (Å²) in [6, 6.07) is 5.11. The first kappa shape index (κ1) is 12.6. The molecule has 1 aromatic carbocycles. The molecule has 1 saturated heterocycles. The Morgan fingerprint density at radius 1 is 1.47 bits per heavy atom. The number of amides is 1. The van der Waals surface area contributed by atoms with E-state index in [9.17, 15) is 4.79 Å². The Balaban J connectivity index is 2.02. The quantitative estimate of drug-likeness (QED) is 0.812. The predicted octanol–water partition coefficient (Wildman–Crippen LogP) is 3.15. The third-order valence-corrected chi connectivity index (χ3v) is 4.36. The van der Waals surface area contributed by atoms with Gasteiger partial charge in [0, 0.05) is 5.02 Å². The first-order valence-electron chi connectivity index (χ1n) is 5.64. The van der Waals surface area contributed by atoms with Gasteiger partial charge in [-0.1, -0.05) is 18.0 Å². The number of rotatable bonds is 2. The average molecular weight is 271 g/mol. The highest BCUT2D eigenvalue weighted by atomic mass is 35.5. The van der Waals surface area contributed by atoms with Crippen LogP contribution in [-0.4, -0.2) is 16.9 Å². The van der Waals surface area contributed by atoms with Gasteiger partial charge in [0.2, 0.25) is 5.91 Å². The van der Waals surface area contributed by atoms with Gasteiger partial charge in [-0.3, -0.25) is 4.79 Å². The Morgan fingerprint density at radius 3 is 2.94 bits per heavy atom. The summed E-state index contributed by atoms with van der Waals surface area (Å²) < 4.78 is 0. The van der Waals surface area contributed by atoms with E-state index >= 15 is 0 Å².